The Labute approximate surface area is 147 Å². The first-order valence-corrected chi connectivity index (χ1v) is 9.58. The first-order valence-electron chi connectivity index (χ1n) is 7.95. The monoisotopic (exact) mass is 353 g/mol. The summed E-state index contributed by atoms with van der Waals surface area (Å²) in [5, 5.41) is 11.8. The average molecular weight is 353 g/mol. The number of imidazole rings is 1. The van der Waals surface area contributed by atoms with E-state index in [1.54, 1.807) is 29.0 Å². The molecular formula is C18H15N3OS2. The van der Waals surface area contributed by atoms with Gasteiger partial charge in [-0.3, -0.25) is 4.40 Å². The summed E-state index contributed by atoms with van der Waals surface area (Å²) in [4.78, 5) is 12.2. The lowest BCUT2D eigenvalue weighted by molar-refractivity contribution is 0.213. The van der Waals surface area contributed by atoms with E-state index in [-0.39, 0.29) is 0 Å². The molecule has 1 saturated carbocycles. The highest BCUT2D eigenvalue weighted by Crippen LogP contribution is 2.48. The van der Waals surface area contributed by atoms with E-state index < -0.39 is 6.10 Å². The summed E-state index contributed by atoms with van der Waals surface area (Å²) in [6.07, 6.45) is 7.23. The molecular weight excluding hydrogens is 338 g/mol. The van der Waals surface area contributed by atoms with Crippen molar-refractivity contribution < 1.29 is 5.11 Å². The minimum Gasteiger partial charge on any atom is -0.380 e. The van der Waals surface area contributed by atoms with Crippen LogP contribution < -0.4 is 0 Å². The molecule has 1 N–H and O–H groups in total. The minimum absolute atomic E-state index is 0.591. The van der Waals surface area contributed by atoms with Crippen molar-refractivity contribution in [1.82, 2.24) is 14.4 Å². The minimum atomic E-state index is -0.703. The Morgan fingerprint density at radius 2 is 1.96 bits per heavy atom. The van der Waals surface area contributed by atoms with E-state index in [0.29, 0.717) is 5.92 Å². The second-order valence-electron chi connectivity index (χ2n) is 6.06. The number of hydrogen-bond acceptors (Lipinski definition) is 5. The highest BCUT2D eigenvalue weighted by Gasteiger charge is 2.33. The summed E-state index contributed by atoms with van der Waals surface area (Å²) in [5.41, 5.74) is 2.08. The molecule has 3 aromatic heterocycles. The highest BCUT2D eigenvalue weighted by molar-refractivity contribution is 7.17. The number of aromatic nitrogens is 3. The number of aliphatic hydroxyl groups is 1. The predicted molar refractivity (Wildman–Crippen MR) is 96.7 cm³/mol. The maximum Gasteiger partial charge on any atom is 0.147 e. The zero-order valence-corrected chi connectivity index (χ0v) is 14.4. The van der Waals surface area contributed by atoms with Crippen molar-refractivity contribution in [1.29, 1.82) is 0 Å². The average Bonchev–Trinajstić information content (AvgIpc) is 3.04. The Bertz CT molecular complexity index is 998. The van der Waals surface area contributed by atoms with E-state index in [1.807, 2.05) is 35.0 Å². The summed E-state index contributed by atoms with van der Waals surface area (Å²) in [7, 11) is 0. The fraction of sp³-hybridized carbons (Fsp3) is 0.222. The molecule has 1 aliphatic rings. The van der Waals surface area contributed by atoms with Gasteiger partial charge in [0.15, 0.2) is 0 Å². The van der Waals surface area contributed by atoms with Crippen LogP contribution in [0.5, 0.6) is 0 Å². The smallest absolute Gasteiger partial charge is 0.147 e. The summed E-state index contributed by atoms with van der Waals surface area (Å²) in [6, 6.07) is 10.2. The van der Waals surface area contributed by atoms with Gasteiger partial charge in [-0.2, -0.15) is 0 Å². The lowest BCUT2D eigenvalue weighted by atomic mass is 10.2. The van der Waals surface area contributed by atoms with Gasteiger partial charge in [0.2, 0.25) is 0 Å². The number of aliphatic hydroxyl groups excluding tert-OH is 1. The van der Waals surface area contributed by atoms with Crippen molar-refractivity contribution in [2.45, 2.75) is 24.9 Å². The second-order valence-corrected chi connectivity index (χ2v) is 8.18. The molecule has 0 saturated heterocycles. The molecule has 6 heteroatoms. The van der Waals surface area contributed by atoms with Crippen molar-refractivity contribution in [2.75, 3.05) is 0 Å². The molecule has 1 aliphatic carbocycles. The largest absolute Gasteiger partial charge is 0.380 e. The van der Waals surface area contributed by atoms with Crippen LogP contribution >= 0.6 is 22.7 Å². The molecule has 120 valence electrons. The summed E-state index contributed by atoms with van der Waals surface area (Å²) in [5.74, 6) is 0.591. The number of fused-ring (bicyclic) bond motifs is 1. The standard InChI is InChI=1S/C18H15N3OS2/c22-16(18-20-8-13(23-18)11-4-2-1-3-5-11)15-17(12-6-7-12)24-14-9-19-10-21(14)15/h1-5,8-10,12,16,22H,6-7H2. The van der Waals surface area contributed by atoms with Gasteiger partial charge in [0.25, 0.3) is 0 Å². The van der Waals surface area contributed by atoms with Gasteiger partial charge in [-0.25, -0.2) is 9.97 Å². The van der Waals surface area contributed by atoms with Crippen molar-refractivity contribution >= 4 is 27.5 Å². The molecule has 1 fully saturated rings. The molecule has 0 amide bonds. The first-order chi connectivity index (χ1) is 11.8. The van der Waals surface area contributed by atoms with Gasteiger partial charge < -0.3 is 5.11 Å². The van der Waals surface area contributed by atoms with Crippen molar-refractivity contribution in [3.05, 3.63) is 64.6 Å². The van der Waals surface area contributed by atoms with E-state index in [1.165, 1.54) is 17.7 Å². The van der Waals surface area contributed by atoms with Gasteiger partial charge in [-0.15, -0.1) is 22.7 Å². The Morgan fingerprint density at radius 3 is 2.75 bits per heavy atom. The van der Waals surface area contributed by atoms with Crippen molar-refractivity contribution in [2.24, 2.45) is 0 Å². The van der Waals surface area contributed by atoms with Gasteiger partial charge >= 0.3 is 0 Å². The Hall–Kier alpha value is -2.02. The number of rotatable bonds is 4. The lowest BCUT2D eigenvalue weighted by Crippen LogP contribution is -2.05. The SMILES string of the molecule is OC(c1ncc(-c2ccccc2)s1)c1c(C2CC2)sc2cncn12. The van der Waals surface area contributed by atoms with E-state index in [9.17, 15) is 5.11 Å². The maximum atomic E-state index is 11.0. The zero-order chi connectivity index (χ0) is 16.1. The molecule has 0 aliphatic heterocycles. The van der Waals surface area contributed by atoms with E-state index in [0.717, 1.165) is 26.0 Å². The first kappa shape index (κ1) is 14.3. The third-order valence-corrected chi connectivity index (χ3v) is 6.73. The normalized spacial score (nSPS) is 15.9. The molecule has 0 radical (unpaired) electrons. The molecule has 3 heterocycles. The second kappa shape index (κ2) is 5.51. The van der Waals surface area contributed by atoms with Crippen LogP contribution in [0.15, 0.2) is 49.1 Å². The highest BCUT2D eigenvalue weighted by atomic mass is 32.1. The summed E-state index contributed by atoms with van der Waals surface area (Å²) >= 11 is 3.30. The Kier molecular flexibility index (Phi) is 3.29. The lowest BCUT2D eigenvalue weighted by Gasteiger charge is -2.09. The molecule has 4 aromatic rings. The Balaban J connectivity index is 1.57. The molecule has 1 unspecified atom stereocenters. The van der Waals surface area contributed by atoms with E-state index in [2.05, 4.69) is 22.1 Å². The van der Waals surface area contributed by atoms with Crippen LogP contribution in [0, 0.1) is 0 Å². The van der Waals surface area contributed by atoms with Crippen LogP contribution in [0.1, 0.15) is 40.4 Å². The molecule has 0 bridgehead atoms. The van der Waals surface area contributed by atoms with Gasteiger partial charge in [0.1, 0.15) is 22.3 Å². The van der Waals surface area contributed by atoms with Crippen LogP contribution in [0.2, 0.25) is 0 Å². The fourth-order valence-corrected chi connectivity index (χ4v) is 5.21. The molecule has 1 atom stereocenters. The number of thiazole rings is 2. The molecule has 24 heavy (non-hydrogen) atoms. The van der Waals surface area contributed by atoms with Crippen LogP contribution in [-0.2, 0) is 0 Å². The quantitative estimate of drug-likeness (QED) is 0.588. The summed E-state index contributed by atoms with van der Waals surface area (Å²) in [6.45, 7) is 0. The fourth-order valence-electron chi connectivity index (χ4n) is 2.99. The van der Waals surface area contributed by atoms with E-state index in [4.69, 9.17) is 0 Å². The van der Waals surface area contributed by atoms with Gasteiger partial charge in [0, 0.05) is 11.1 Å². The Morgan fingerprint density at radius 1 is 1.12 bits per heavy atom. The molecule has 1 aromatic carbocycles. The molecule has 0 spiro atoms. The predicted octanol–water partition coefficient (Wildman–Crippen LogP) is 4.48. The van der Waals surface area contributed by atoms with Gasteiger partial charge in [-0.05, 0) is 24.3 Å². The van der Waals surface area contributed by atoms with Crippen molar-refractivity contribution in [3.63, 3.8) is 0 Å². The summed E-state index contributed by atoms with van der Waals surface area (Å²) < 4.78 is 2.02. The van der Waals surface area contributed by atoms with Gasteiger partial charge in [0.05, 0.1) is 16.8 Å². The maximum absolute atomic E-state index is 11.0. The molecule has 4 nitrogen and oxygen atoms in total. The number of hydrogen-bond donors (Lipinski definition) is 1. The van der Waals surface area contributed by atoms with Crippen LogP contribution in [0.25, 0.3) is 15.3 Å². The van der Waals surface area contributed by atoms with Crippen molar-refractivity contribution in [3.8, 4) is 10.4 Å². The van der Waals surface area contributed by atoms with Gasteiger partial charge in [-0.1, -0.05) is 30.3 Å². The zero-order valence-electron chi connectivity index (χ0n) is 12.8. The molecule has 5 rings (SSSR count). The third-order valence-electron chi connectivity index (χ3n) is 4.35. The topological polar surface area (TPSA) is 50.4 Å². The van der Waals surface area contributed by atoms with Crippen LogP contribution in [0.3, 0.4) is 0 Å². The van der Waals surface area contributed by atoms with Crippen LogP contribution in [0.4, 0.5) is 0 Å². The van der Waals surface area contributed by atoms with Crippen LogP contribution in [-0.4, -0.2) is 19.5 Å². The van der Waals surface area contributed by atoms with E-state index >= 15 is 0 Å². The number of nitrogens with zero attached hydrogens (tertiary/aromatic N) is 3. The number of benzene rings is 1. The third kappa shape index (κ3) is 2.30.